The van der Waals surface area contributed by atoms with Crippen molar-refractivity contribution in [2.24, 2.45) is 0 Å². The summed E-state index contributed by atoms with van der Waals surface area (Å²) in [6, 6.07) is 0. The zero-order valence-electron chi connectivity index (χ0n) is 19.2. The van der Waals surface area contributed by atoms with Gasteiger partial charge in [-0.2, -0.15) is 0 Å². The van der Waals surface area contributed by atoms with Crippen molar-refractivity contribution in [3.05, 3.63) is 48.6 Å². The van der Waals surface area contributed by atoms with Crippen LogP contribution in [0.2, 0.25) is 36.3 Å². The van der Waals surface area contributed by atoms with Gasteiger partial charge in [-0.1, -0.05) is 110 Å². The molecule has 0 aliphatic rings. The Labute approximate surface area is 171 Å². The number of rotatable bonds is 10. The molecule has 0 amide bonds. The van der Waals surface area contributed by atoms with E-state index in [2.05, 4.69) is 90.9 Å². The molecule has 0 aliphatic heterocycles. The summed E-state index contributed by atoms with van der Waals surface area (Å²) in [4.78, 5) is 0. The predicted molar refractivity (Wildman–Crippen MR) is 129 cm³/mol. The van der Waals surface area contributed by atoms with E-state index in [9.17, 15) is 0 Å². The van der Waals surface area contributed by atoms with Gasteiger partial charge in [0, 0.05) is 6.61 Å². The van der Waals surface area contributed by atoms with Gasteiger partial charge in [0.15, 0.2) is 8.32 Å². The Hall–Kier alpha value is -1.09. The standard InChI is InChI=1S/C24H42OSi2/c1-22(2)27(23(3)4,24(5)6)25-20-18-16-14-12-10-11-13-15-17-19-21-26(7,8)9/h10-17,22-24H,18,20H2,1-9H3/b12-10+,13-11+,16-14+,17-15+. The summed E-state index contributed by atoms with van der Waals surface area (Å²) in [7, 11) is -2.97. The van der Waals surface area contributed by atoms with Crippen molar-refractivity contribution in [1.29, 1.82) is 0 Å². The molecular formula is C24H42OSi2. The van der Waals surface area contributed by atoms with Gasteiger partial charge in [-0.25, -0.2) is 0 Å². The maximum atomic E-state index is 6.55. The number of hydrogen-bond donors (Lipinski definition) is 0. The summed E-state index contributed by atoms with van der Waals surface area (Å²) in [5, 5.41) is 0. The maximum absolute atomic E-state index is 6.55. The third-order valence-electron chi connectivity index (χ3n) is 4.66. The smallest absolute Gasteiger partial charge is 0.200 e. The molecule has 0 N–H and O–H groups in total. The van der Waals surface area contributed by atoms with E-state index in [0.717, 1.165) is 13.0 Å². The summed E-state index contributed by atoms with van der Waals surface area (Å²) >= 11 is 0. The third-order valence-corrected chi connectivity index (χ3v) is 11.7. The molecule has 0 atom stereocenters. The largest absolute Gasteiger partial charge is 0.416 e. The molecule has 0 saturated heterocycles. The van der Waals surface area contributed by atoms with Crippen molar-refractivity contribution in [2.75, 3.05) is 6.61 Å². The number of allylic oxidation sites excluding steroid dienone is 7. The lowest BCUT2D eigenvalue weighted by molar-refractivity contribution is 0.284. The van der Waals surface area contributed by atoms with Gasteiger partial charge in [0.05, 0.1) is 0 Å². The van der Waals surface area contributed by atoms with Gasteiger partial charge < -0.3 is 4.43 Å². The van der Waals surface area contributed by atoms with E-state index >= 15 is 0 Å². The Morgan fingerprint density at radius 1 is 0.741 bits per heavy atom. The Morgan fingerprint density at radius 3 is 1.70 bits per heavy atom. The Balaban J connectivity index is 4.33. The van der Waals surface area contributed by atoms with Gasteiger partial charge in [0.2, 0.25) is 0 Å². The van der Waals surface area contributed by atoms with Crippen LogP contribution in [-0.2, 0) is 4.43 Å². The van der Waals surface area contributed by atoms with Crippen LogP contribution >= 0.6 is 0 Å². The quantitative estimate of drug-likeness (QED) is 0.158. The molecule has 0 fully saturated rings. The molecule has 0 spiro atoms. The fourth-order valence-electron chi connectivity index (χ4n) is 3.60. The molecule has 0 aromatic rings. The SMILES string of the molecule is CC(C)[Si](OCC/C=C/C=C/C=C/C=C/C#C[Si](C)(C)C)(C(C)C)C(C)C. The van der Waals surface area contributed by atoms with Crippen molar-refractivity contribution >= 4 is 16.4 Å². The van der Waals surface area contributed by atoms with Crippen molar-refractivity contribution < 1.29 is 4.43 Å². The first-order valence-corrected chi connectivity index (χ1v) is 16.0. The molecule has 0 unspecified atom stereocenters. The highest BCUT2D eigenvalue weighted by molar-refractivity contribution is 6.83. The van der Waals surface area contributed by atoms with Crippen LogP contribution in [0.4, 0.5) is 0 Å². The van der Waals surface area contributed by atoms with Gasteiger partial charge >= 0.3 is 0 Å². The van der Waals surface area contributed by atoms with Crippen molar-refractivity contribution in [3.8, 4) is 11.5 Å². The second-order valence-corrected chi connectivity index (χ2v) is 19.2. The van der Waals surface area contributed by atoms with Gasteiger partial charge in [0.1, 0.15) is 8.07 Å². The molecule has 0 aromatic heterocycles. The second-order valence-electron chi connectivity index (χ2n) is 9.03. The lowest BCUT2D eigenvalue weighted by atomic mass is 10.3. The molecule has 27 heavy (non-hydrogen) atoms. The fourth-order valence-corrected chi connectivity index (χ4v) is 9.58. The third kappa shape index (κ3) is 10.7. The second kappa shape index (κ2) is 13.2. The van der Waals surface area contributed by atoms with Crippen LogP contribution in [0.25, 0.3) is 0 Å². The first-order valence-electron chi connectivity index (χ1n) is 10.4. The zero-order valence-corrected chi connectivity index (χ0v) is 21.2. The number of hydrogen-bond acceptors (Lipinski definition) is 1. The topological polar surface area (TPSA) is 9.23 Å². The van der Waals surface area contributed by atoms with E-state index in [1.165, 1.54) is 0 Å². The fraction of sp³-hybridized carbons (Fsp3) is 0.583. The normalized spacial score (nSPS) is 13.9. The van der Waals surface area contributed by atoms with E-state index < -0.39 is 16.4 Å². The van der Waals surface area contributed by atoms with Gasteiger partial charge in [-0.05, 0) is 29.1 Å². The molecule has 0 saturated carbocycles. The van der Waals surface area contributed by atoms with E-state index in [-0.39, 0.29) is 0 Å². The molecule has 0 aliphatic carbocycles. The van der Waals surface area contributed by atoms with Gasteiger partial charge in [-0.15, -0.1) is 5.54 Å². The van der Waals surface area contributed by atoms with E-state index in [0.29, 0.717) is 16.6 Å². The molecule has 152 valence electrons. The summed E-state index contributed by atoms with van der Waals surface area (Å²) in [6.45, 7) is 21.6. The van der Waals surface area contributed by atoms with E-state index in [4.69, 9.17) is 4.43 Å². The average Bonchev–Trinajstić information content (AvgIpc) is 2.53. The molecular weight excluding hydrogens is 360 g/mol. The maximum Gasteiger partial charge on any atom is 0.200 e. The zero-order chi connectivity index (χ0) is 20.9. The minimum atomic E-state index is -1.72. The summed E-state index contributed by atoms with van der Waals surface area (Å²) in [5.41, 5.74) is 5.26. The van der Waals surface area contributed by atoms with Crippen LogP contribution in [0.5, 0.6) is 0 Å². The molecule has 0 radical (unpaired) electrons. The monoisotopic (exact) mass is 402 g/mol. The minimum Gasteiger partial charge on any atom is -0.416 e. The summed E-state index contributed by atoms with van der Waals surface area (Å²) in [6.07, 6.45) is 17.3. The van der Waals surface area contributed by atoms with Crippen molar-refractivity contribution in [1.82, 2.24) is 0 Å². The lowest BCUT2D eigenvalue weighted by Gasteiger charge is -2.42. The Morgan fingerprint density at radius 2 is 1.22 bits per heavy atom. The van der Waals surface area contributed by atoms with Crippen LogP contribution in [0, 0.1) is 11.5 Å². The Bertz CT molecular complexity index is 554. The first kappa shape index (κ1) is 25.9. The van der Waals surface area contributed by atoms with E-state index in [1.54, 1.807) is 0 Å². The Kier molecular flexibility index (Phi) is 12.6. The minimum absolute atomic E-state index is 0.648. The van der Waals surface area contributed by atoms with E-state index in [1.807, 2.05) is 30.4 Å². The van der Waals surface area contributed by atoms with Crippen LogP contribution < -0.4 is 0 Å². The van der Waals surface area contributed by atoms with Crippen molar-refractivity contribution in [3.63, 3.8) is 0 Å². The van der Waals surface area contributed by atoms with Crippen LogP contribution in [0.3, 0.4) is 0 Å². The highest BCUT2D eigenvalue weighted by Crippen LogP contribution is 2.42. The van der Waals surface area contributed by atoms with Crippen LogP contribution in [-0.4, -0.2) is 23.0 Å². The molecule has 0 bridgehead atoms. The molecule has 0 heterocycles. The molecule has 0 rings (SSSR count). The molecule has 0 aromatic carbocycles. The average molecular weight is 403 g/mol. The first-order chi connectivity index (χ1) is 12.5. The van der Waals surface area contributed by atoms with Crippen LogP contribution in [0.1, 0.15) is 48.0 Å². The summed E-state index contributed by atoms with van der Waals surface area (Å²) in [5.74, 6) is 3.12. The summed E-state index contributed by atoms with van der Waals surface area (Å²) < 4.78 is 6.55. The highest BCUT2D eigenvalue weighted by Gasteiger charge is 2.44. The predicted octanol–water partition coefficient (Wildman–Crippen LogP) is 7.67. The lowest BCUT2D eigenvalue weighted by Crippen LogP contribution is -2.47. The molecule has 1 nitrogen and oxygen atoms in total. The van der Waals surface area contributed by atoms with Gasteiger partial charge in [-0.3, -0.25) is 0 Å². The van der Waals surface area contributed by atoms with Crippen molar-refractivity contribution in [2.45, 2.75) is 84.2 Å². The molecule has 3 heteroatoms. The van der Waals surface area contributed by atoms with Crippen LogP contribution in [0.15, 0.2) is 48.6 Å². The van der Waals surface area contributed by atoms with Gasteiger partial charge in [0.25, 0.3) is 0 Å². The highest BCUT2D eigenvalue weighted by atomic mass is 28.4.